The standard InChI is InChI=1S/C6H11O/c1-3-4-6(2)5-7-6/h1,3-5H2,2H3. The molecule has 1 aliphatic rings. The lowest BCUT2D eigenvalue weighted by Crippen LogP contribution is -2.01. The highest BCUT2D eigenvalue weighted by atomic mass is 16.6. The molecule has 7 heavy (non-hydrogen) atoms. The quantitative estimate of drug-likeness (QED) is 0.476. The average Bonchev–Trinajstić information content (AvgIpc) is 2.22. The van der Waals surface area contributed by atoms with Crippen LogP contribution >= 0.6 is 0 Å². The van der Waals surface area contributed by atoms with Gasteiger partial charge in [0.05, 0.1) is 12.2 Å². The molecule has 41 valence electrons. The summed E-state index contributed by atoms with van der Waals surface area (Å²) in [6.45, 7) is 6.80. The summed E-state index contributed by atoms with van der Waals surface area (Å²) < 4.78 is 5.10. The van der Waals surface area contributed by atoms with Gasteiger partial charge < -0.3 is 4.74 Å². The zero-order valence-corrected chi connectivity index (χ0v) is 4.74. The van der Waals surface area contributed by atoms with E-state index in [1.54, 1.807) is 0 Å². The van der Waals surface area contributed by atoms with Crippen molar-refractivity contribution < 1.29 is 4.74 Å². The van der Waals surface area contributed by atoms with Gasteiger partial charge in [0.25, 0.3) is 0 Å². The molecule has 1 nitrogen and oxygen atoms in total. The average molecular weight is 99.2 g/mol. The summed E-state index contributed by atoms with van der Waals surface area (Å²) in [7, 11) is 0. The predicted molar refractivity (Wildman–Crippen MR) is 28.9 cm³/mol. The van der Waals surface area contributed by atoms with Gasteiger partial charge in [0, 0.05) is 0 Å². The molecule has 0 aromatic heterocycles. The lowest BCUT2D eigenvalue weighted by Gasteiger charge is -1.97. The SMILES string of the molecule is [CH2]CCC1(C)CO1. The summed E-state index contributed by atoms with van der Waals surface area (Å²) in [6, 6.07) is 0. The summed E-state index contributed by atoms with van der Waals surface area (Å²) in [5.41, 5.74) is 0.238. The maximum Gasteiger partial charge on any atom is 0.0888 e. The first-order valence-corrected chi connectivity index (χ1v) is 2.70. The molecule has 0 saturated carbocycles. The molecule has 1 heteroatoms. The third-order valence-electron chi connectivity index (χ3n) is 1.34. The van der Waals surface area contributed by atoms with Crippen LogP contribution in [0.25, 0.3) is 0 Å². The highest BCUT2D eigenvalue weighted by molar-refractivity contribution is 4.86. The smallest absolute Gasteiger partial charge is 0.0888 e. The van der Waals surface area contributed by atoms with Crippen LogP contribution in [0.3, 0.4) is 0 Å². The van der Waals surface area contributed by atoms with Gasteiger partial charge >= 0.3 is 0 Å². The Labute approximate surface area is 44.7 Å². The number of ether oxygens (including phenoxy) is 1. The molecule has 0 bridgehead atoms. The van der Waals surface area contributed by atoms with Crippen LogP contribution < -0.4 is 0 Å². The van der Waals surface area contributed by atoms with Crippen LogP contribution in [0.2, 0.25) is 0 Å². The molecule has 1 rings (SSSR count). The van der Waals surface area contributed by atoms with Crippen LogP contribution in [0, 0.1) is 6.92 Å². The second-order valence-corrected chi connectivity index (χ2v) is 2.34. The van der Waals surface area contributed by atoms with E-state index in [1.165, 1.54) is 0 Å². The van der Waals surface area contributed by atoms with Crippen molar-refractivity contribution >= 4 is 0 Å². The Hall–Kier alpha value is -0.0400. The van der Waals surface area contributed by atoms with E-state index in [-0.39, 0.29) is 5.60 Å². The Kier molecular flexibility index (Phi) is 1.08. The molecule has 0 aromatic carbocycles. The molecular weight excluding hydrogens is 88.1 g/mol. The molecule has 0 spiro atoms. The van der Waals surface area contributed by atoms with Crippen molar-refractivity contribution in [2.75, 3.05) is 6.61 Å². The maximum absolute atomic E-state index is 5.10. The zero-order valence-electron chi connectivity index (χ0n) is 4.74. The number of rotatable bonds is 2. The second kappa shape index (κ2) is 1.48. The van der Waals surface area contributed by atoms with Crippen molar-refractivity contribution in [3.05, 3.63) is 6.92 Å². The highest BCUT2D eigenvalue weighted by Gasteiger charge is 2.37. The van der Waals surface area contributed by atoms with Crippen molar-refractivity contribution in [2.45, 2.75) is 25.4 Å². The van der Waals surface area contributed by atoms with Crippen molar-refractivity contribution in [3.8, 4) is 0 Å². The van der Waals surface area contributed by atoms with E-state index < -0.39 is 0 Å². The van der Waals surface area contributed by atoms with Crippen molar-refractivity contribution in [3.63, 3.8) is 0 Å². The van der Waals surface area contributed by atoms with Crippen LogP contribution in [0.5, 0.6) is 0 Å². The van der Waals surface area contributed by atoms with Gasteiger partial charge in [0.15, 0.2) is 0 Å². The topological polar surface area (TPSA) is 12.5 Å². The zero-order chi connectivity index (χ0) is 5.33. The summed E-state index contributed by atoms with van der Waals surface area (Å²) in [5, 5.41) is 0. The van der Waals surface area contributed by atoms with Crippen LogP contribution in [0.15, 0.2) is 0 Å². The van der Waals surface area contributed by atoms with Crippen molar-refractivity contribution in [1.29, 1.82) is 0 Å². The van der Waals surface area contributed by atoms with Crippen molar-refractivity contribution in [1.82, 2.24) is 0 Å². The van der Waals surface area contributed by atoms with Crippen LogP contribution in [-0.4, -0.2) is 12.2 Å². The van der Waals surface area contributed by atoms with Gasteiger partial charge in [-0.25, -0.2) is 0 Å². The Morgan fingerprint density at radius 2 is 2.43 bits per heavy atom. The van der Waals surface area contributed by atoms with Crippen molar-refractivity contribution in [2.24, 2.45) is 0 Å². The molecule has 0 amide bonds. The van der Waals surface area contributed by atoms with Crippen LogP contribution in [0.1, 0.15) is 19.8 Å². The molecule has 1 fully saturated rings. The minimum absolute atomic E-state index is 0.238. The Morgan fingerprint density at radius 3 is 2.57 bits per heavy atom. The molecule has 1 saturated heterocycles. The molecule has 0 aliphatic carbocycles. The number of epoxide rings is 1. The molecule has 1 unspecified atom stereocenters. The van der Waals surface area contributed by atoms with Gasteiger partial charge in [-0.1, -0.05) is 13.3 Å². The van der Waals surface area contributed by atoms with E-state index in [0.29, 0.717) is 0 Å². The molecule has 1 atom stereocenters. The fourth-order valence-electron chi connectivity index (χ4n) is 0.641. The maximum atomic E-state index is 5.10. The summed E-state index contributed by atoms with van der Waals surface area (Å²) in [6.07, 6.45) is 2.11. The first-order valence-electron chi connectivity index (χ1n) is 2.70. The Bertz CT molecular complexity index is 64.6. The first kappa shape index (κ1) is 5.10. The monoisotopic (exact) mass is 99.1 g/mol. The fraction of sp³-hybridized carbons (Fsp3) is 0.833. The molecule has 1 aliphatic heterocycles. The molecular formula is C6H11O. The van der Waals surface area contributed by atoms with E-state index in [2.05, 4.69) is 13.8 Å². The van der Waals surface area contributed by atoms with E-state index >= 15 is 0 Å². The molecule has 0 N–H and O–H groups in total. The minimum Gasteiger partial charge on any atom is -0.370 e. The molecule has 1 radical (unpaired) electrons. The number of hydrogen-bond donors (Lipinski definition) is 0. The lowest BCUT2D eigenvalue weighted by atomic mass is 10.1. The highest BCUT2D eigenvalue weighted by Crippen LogP contribution is 2.30. The van der Waals surface area contributed by atoms with Crippen LogP contribution in [-0.2, 0) is 4.74 Å². The van der Waals surface area contributed by atoms with E-state index in [9.17, 15) is 0 Å². The van der Waals surface area contributed by atoms with E-state index in [0.717, 1.165) is 19.4 Å². The van der Waals surface area contributed by atoms with Gasteiger partial charge in [0.2, 0.25) is 0 Å². The number of hydrogen-bond acceptors (Lipinski definition) is 1. The second-order valence-electron chi connectivity index (χ2n) is 2.34. The molecule has 1 heterocycles. The van der Waals surface area contributed by atoms with E-state index in [4.69, 9.17) is 4.74 Å². The van der Waals surface area contributed by atoms with Gasteiger partial charge in [0.1, 0.15) is 0 Å². The normalized spacial score (nSPS) is 38.6. The fourth-order valence-corrected chi connectivity index (χ4v) is 0.641. The third kappa shape index (κ3) is 1.16. The predicted octanol–water partition coefficient (Wildman–Crippen LogP) is 1.39. The van der Waals surface area contributed by atoms with Gasteiger partial charge in [-0.15, -0.1) is 0 Å². The van der Waals surface area contributed by atoms with E-state index in [1.807, 2.05) is 0 Å². The first-order chi connectivity index (χ1) is 3.27. The third-order valence-corrected chi connectivity index (χ3v) is 1.34. The minimum atomic E-state index is 0.238. The largest absolute Gasteiger partial charge is 0.370 e. The summed E-state index contributed by atoms with van der Waals surface area (Å²) in [4.78, 5) is 0. The van der Waals surface area contributed by atoms with Gasteiger partial charge in [-0.05, 0) is 13.3 Å². The van der Waals surface area contributed by atoms with Crippen LogP contribution in [0.4, 0.5) is 0 Å². The van der Waals surface area contributed by atoms with Gasteiger partial charge in [-0.3, -0.25) is 0 Å². The van der Waals surface area contributed by atoms with Gasteiger partial charge in [-0.2, -0.15) is 0 Å². The molecule has 0 aromatic rings. The Balaban J connectivity index is 2.13. The lowest BCUT2D eigenvalue weighted by molar-refractivity contribution is 0.310. The summed E-state index contributed by atoms with van der Waals surface area (Å²) in [5.74, 6) is 0. The Morgan fingerprint density at radius 1 is 1.86 bits per heavy atom. The summed E-state index contributed by atoms with van der Waals surface area (Å²) >= 11 is 0.